The van der Waals surface area contributed by atoms with Crippen molar-refractivity contribution in [2.45, 2.75) is 51.4 Å². The maximum absolute atomic E-state index is 11.2. The number of hydrogen-bond donors (Lipinski definition) is 2. The lowest BCUT2D eigenvalue weighted by atomic mass is 9.68. The Kier molecular flexibility index (Phi) is 4.66. The van der Waals surface area contributed by atoms with Crippen molar-refractivity contribution in [1.29, 1.82) is 0 Å². The summed E-state index contributed by atoms with van der Waals surface area (Å²) >= 11 is 0. The molecule has 5 heteroatoms. The summed E-state index contributed by atoms with van der Waals surface area (Å²) in [5, 5.41) is 17.4. The number of Topliss-reactive ketones (excluding diaryl/α,β-unsaturated/α-hetero) is 1. The van der Waals surface area contributed by atoms with Crippen molar-refractivity contribution in [1.82, 2.24) is 0 Å². The standard InChI is InChI=1S/C12H18O5/c13-9-1-5-12(6-2-9,7-3-10(14)15)8-4-11(16)17/h1-8H2,(H,14,15)(H,16,17). The molecule has 0 amide bonds. The summed E-state index contributed by atoms with van der Waals surface area (Å²) in [5.74, 6) is -1.53. The molecule has 0 saturated heterocycles. The van der Waals surface area contributed by atoms with Gasteiger partial charge in [0.2, 0.25) is 0 Å². The largest absolute Gasteiger partial charge is 0.481 e. The predicted octanol–water partition coefficient (Wildman–Crippen LogP) is 1.85. The third-order valence-corrected chi connectivity index (χ3v) is 3.61. The van der Waals surface area contributed by atoms with Gasteiger partial charge in [-0.25, -0.2) is 0 Å². The molecule has 1 rings (SSSR count). The molecular formula is C12H18O5. The molecule has 0 aromatic rings. The Morgan fingerprint density at radius 1 is 1.00 bits per heavy atom. The molecule has 1 aliphatic carbocycles. The summed E-state index contributed by atoms with van der Waals surface area (Å²) in [7, 11) is 0. The highest BCUT2D eigenvalue weighted by atomic mass is 16.4. The molecule has 0 aliphatic heterocycles. The number of carboxylic acids is 2. The summed E-state index contributed by atoms with van der Waals surface area (Å²) < 4.78 is 0. The molecular weight excluding hydrogens is 224 g/mol. The Hall–Kier alpha value is -1.39. The van der Waals surface area contributed by atoms with Crippen molar-refractivity contribution in [3.05, 3.63) is 0 Å². The number of ketones is 1. The fourth-order valence-corrected chi connectivity index (χ4v) is 2.43. The van der Waals surface area contributed by atoms with Crippen LogP contribution in [0.2, 0.25) is 0 Å². The second-order valence-corrected chi connectivity index (χ2v) is 4.83. The highest BCUT2D eigenvalue weighted by molar-refractivity contribution is 5.79. The van der Waals surface area contributed by atoms with E-state index in [1.54, 1.807) is 0 Å². The highest BCUT2D eigenvalue weighted by Gasteiger charge is 2.35. The van der Waals surface area contributed by atoms with E-state index in [0.717, 1.165) is 0 Å². The first-order chi connectivity index (χ1) is 7.93. The molecule has 5 nitrogen and oxygen atoms in total. The molecule has 0 atom stereocenters. The maximum Gasteiger partial charge on any atom is 0.303 e. The molecule has 0 bridgehead atoms. The van der Waals surface area contributed by atoms with Crippen LogP contribution in [0.1, 0.15) is 51.4 Å². The van der Waals surface area contributed by atoms with Crippen molar-refractivity contribution < 1.29 is 24.6 Å². The van der Waals surface area contributed by atoms with Crippen molar-refractivity contribution in [3.8, 4) is 0 Å². The SMILES string of the molecule is O=C(O)CCC1(CCC(=O)O)CCC(=O)CC1. The summed E-state index contributed by atoms with van der Waals surface area (Å²) in [6.45, 7) is 0. The average molecular weight is 242 g/mol. The number of aliphatic carboxylic acids is 2. The van der Waals surface area contributed by atoms with Gasteiger partial charge in [0, 0.05) is 25.7 Å². The molecule has 1 saturated carbocycles. The predicted molar refractivity (Wildman–Crippen MR) is 59.6 cm³/mol. The van der Waals surface area contributed by atoms with Crippen molar-refractivity contribution >= 4 is 17.7 Å². The number of carboxylic acid groups (broad SMARTS) is 2. The second kappa shape index (κ2) is 5.80. The molecule has 2 N–H and O–H groups in total. The zero-order chi connectivity index (χ0) is 12.9. The Morgan fingerprint density at radius 2 is 1.41 bits per heavy atom. The molecule has 0 spiro atoms. The molecule has 1 fully saturated rings. The van der Waals surface area contributed by atoms with E-state index in [4.69, 9.17) is 10.2 Å². The molecule has 1 aliphatic rings. The van der Waals surface area contributed by atoms with Crippen molar-refractivity contribution in [2.24, 2.45) is 5.41 Å². The summed E-state index contributed by atoms with van der Waals surface area (Å²) in [6.07, 6.45) is 3.23. The zero-order valence-corrected chi connectivity index (χ0v) is 9.78. The van der Waals surface area contributed by atoms with Gasteiger partial charge >= 0.3 is 11.9 Å². The Labute approximate surface area is 99.8 Å². The van der Waals surface area contributed by atoms with E-state index in [2.05, 4.69) is 0 Å². The van der Waals surface area contributed by atoms with Crippen LogP contribution in [0.25, 0.3) is 0 Å². The van der Waals surface area contributed by atoms with Crippen LogP contribution in [-0.4, -0.2) is 27.9 Å². The van der Waals surface area contributed by atoms with E-state index in [0.29, 0.717) is 38.5 Å². The minimum atomic E-state index is -0.864. The quantitative estimate of drug-likeness (QED) is 0.741. The fourth-order valence-electron chi connectivity index (χ4n) is 2.43. The van der Waals surface area contributed by atoms with Gasteiger partial charge < -0.3 is 10.2 Å². The number of carbonyl (C=O) groups excluding carboxylic acids is 1. The minimum absolute atomic E-state index is 0.0494. The number of hydrogen-bond acceptors (Lipinski definition) is 3. The minimum Gasteiger partial charge on any atom is -0.481 e. The van der Waals surface area contributed by atoms with Gasteiger partial charge in [0.1, 0.15) is 5.78 Å². The average Bonchev–Trinajstić information content (AvgIpc) is 2.27. The van der Waals surface area contributed by atoms with Crippen LogP contribution in [0, 0.1) is 5.41 Å². The van der Waals surface area contributed by atoms with E-state index in [1.807, 2.05) is 0 Å². The van der Waals surface area contributed by atoms with E-state index in [9.17, 15) is 14.4 Å². The third-order valence-electron chi connectivity index (χ3n) is 3.61. The highest BCUT2D eigenvalue weighted by Crippen LogP contribution is 2.42. The number of rotatable bonds is 6. The molecule has 0 aromatic carbocycles. The molecule has 17 heavy (non-hydrogen) atoms. The molecule has 0 radical (unpaired) electrons. The van der Waals surface area contributed by atoms with Crippen LogP contribution >= 0.6 is 0 Å². The molecule has 0 heterocycles. The first kappa shape index (κ1) is 13.7. The summed E-state index contributed by atoms with van der Waals surface area (Å²) in [6, 6.07) is 0. The lowest BCUT2D eigenvalue weighted by Gasteiger charge is -2.36. The van der Waals surface area contributed by atoms with Gasteiger partial charge in [0.05, 0.1) is 0 Å². The van der Waals surface area contributed by atoms with Gasteiger partial charge in [-0.15, -0.1) is 0 Å². The van der Waals surface area contributed by atoms with Gasteiger partial charge in [-0.3, -0.25) is 14.4 Å². The lowest BCUT2D eigenvalue weighted by molar-refractivity contribution is -0.138. The topological polar surface area (TPSA) is 91.7 Å². The summed E-state index contributed by atoms with van der Waals surface area (Å²) in [4.78, 5) is 32.4. The van der Waals surface area contributed by atoms with Gasteiger partial charge in [0.15, 0.2) is 0 Å². The lowest BCUT2D eigenvalue weighted by Crippen LogP contribution is -2.29. The molecule has 0 unspecified atom stereocenters. The Balaban J connectivity index is 2.59. The van der Waals surface area contributed by atoms with Crippen LogP contribution in [0.15, 0.2) is 0 Å². The first-order valence-corrected chi connectivity index (χ1v) is 5.89. The maximum atomic E-state index is 11.2. The van der Waals surface area contributed by atoms with Gasteiger partial charge in [-0.1, -0.05) is 0 Å². The van der Waals surface area contributed by atoms with Crippen molar-refractivity contribution in [2.75, 3.05) is 0 Å². The van der Waals surface area contributed by atoms with Crippen LogP contribution in [0.3, 0.4) is 0 Å². The second-order valence-electron chi connectivity index (χ2n) is 4.83. The molecule has 96 valence electrons. The van der Waals surface area contributed by atoms with Gasteiger partial charge in [-0.2, -0.15) is 0 Å². The van der Waals surface area contributed by atoms with E-state index in [-0.39, 0.29) is 24.0 Å². The smallest absolute Gasteiger partial charge is 0.303 e. The van der Waals surface area contributed by atoms with Gasteiger partial charge in [0.25, 0.3) is 0 Å². The Bertz CT molecular complexity index is 291. The van der Waals surface area contributed by atoms with E-state index in [1.165, 1.54) is 0 Å². The van der Waals surface area contributed by atoms with Crippen LogP contribution < -0.4 is 0 Å². The fraction of sp³-hybridized carbons (Fsp3) is 0.750. The molecule has 0 aromatic heterocycles. The van der Waals surface area contributed by atoms with Gasteiger partial charge in [-0.05, 0) is 31.1 Å². The monoisotopic (exact) mass is 242 g/mol. The van der Waals surface area contributed by atoms with E-state index < -0.39 is 11.9 Å². The normalized spacial score (nSPS) is 18.9. The van der Waals surface area contributed by atoms with Crippen LogP contribution in [0.5, 0.6) is 0 Å². The van der Waals surface area contributed by atoms with E-state index >= 15 is 0 Å². The van der Waals surface area contributed by atoms with Crippen molar-refractivity contribution in [3.63, 3.8) is 0 Å². The Morgan fingerprint density at radius 3 is 1.76 bits per heavy atom. The van der Waals surface area contributed by atoms with Crippen LogP contribution in [-0.2, 0) is 14.4 Å². The number of carbonyl (C=O) groups is 3. The zero-order valence-electron chi connectivity index (χ0n) is 9.78. The van der Waals surface area contributed by atoms with Crippen LogP contribution in [0.4, 0.5) is 0 Å². The summed E-state index contributed by atoms with van der Waals surface area (Å²) in [5.41, 5.74) is -0.259. The first-order valence-electron chi connectivity index (χ1n) is 5.89. The third kappa shape index (κ3) is 4.54.